The van der Waals surface area contributed by atoms with E-state index in [9.17, 15) is 9.59 Å². The van der Waals surface area contributed by atoms with Crippen LogP contribution in [-0.4, -0.2) is 30.1 Å². The van der Waals surface area contributed by atoms with Crippen LogP contribution in [0.3, 0.4) is 0 Å². The van der Waals surface area contributed by atoms with Gasteiger partial charge in [-0.25, -0.2) is 14.6 Å². The Hall–Kier alpha value is -1.91. The molecule has 0 aliphatic heterocycles. The molecule has 27 heavy (non-hydrogen) atoms. The van der Waals surface area contributed by atoms with E-state index < -0.39 is 11.9 Å². The molecule has 0 radical (unpaired) electrons. The van der Waals surface area contributed by atoms with Gasteiger partial charge in [0.05, 0.1) is 13.2 Å². The van der Waals surface area contributed by atoms with Crippen molar-refractivity contribution in [3.63, 3.8) is 0 Å². The number of pyridine rings is 1. The van der Waals surface area contributed by atoms with Gasteiger partial charge < -0.3 is 9.47 Å². The number of hydrogen-bond acceptors (Lipinski definition) is 5. The zero-order valence-electron chi connectivity index (χ0n) is 17.0. The van der Waals surface area contributed by atoms with Crippen molar-refractivity contribution in [3.05, 3.63) is 29.6 Å². The number of hydrogen-bond donors (Lipinski definition) is 0. The molecule has 0 spiro atoms. The predicted molar refractivity (Wildman–Crippen MR) is 107 cm³/mol. The zero-order valence-corrected chi connectivity index (χ0v) is 17.0. The maximum Gasteiger partial charge on any atom is 0.356 e. The molecule has 0 amide bonds. The quantitative estimate of drug-likeness (QED) is 0.289. The number of esters is 2. The van der Waals surface area contributed by atoms with E-state index in [-0.39, 0.29) is 11.4 Å². The number of nitrogens with zero attached hydrogens (tertiary/aromatic N) is 1. The molecule has 0 aliphatic rings. The molecule has 0 N–H and O–H groups in total. The first-order valence-electron chi connectivity index (χ1n) is 10.5. The Balaban J connectivity index is 2.25. The third-order valence-corrected chi connectivity index (χ3v) is 4.38. The number of ether oxygens (including phenoxy) is 2. The minimum Gasteiger partial charge on any atom is -0.461 e. The van der Waals surface area contributed by atoms with Crippen LogP contribution < -0.4 is 0 Å². The SMILES string of the molecule is CCCCCCCCCCOC(=O)c1cccc(C(=O)OCCCCC)n1. The Morgan fingerprint density at radius 2 is 1.11 bits per heavy atom. The minimum absolute atomic E-state index is 0.146. The fourth-order valence-electron chi connectivity index (χ4n) is 2.73. The van der Waals surface area contributed by atoms with Crippen molar-refractivity contribution >= 4 is 11.9 Å². The third-order valence-electron chi connectivity index (χ3n) is 4.38. The highest BCUT2D eigenvalue weighted by molar-refractivity contribution is 5.91. The lowest BCUT2D eigenvalue weighted by atomic mass is 10.1. The smallest absolute Gasteiger partial charge is 0.356 e. The van der Waals surface area contributed by atoms with E-state index >= 15 is 0 Å². The lowest BCUT2D eigenvalue weighted by Crippen LogP contribution is -2.13. The third kappa shape index (κ3) is 10.7. The van der Waals surface area contributed by atoms with Crippen molar-refractivity contribution in [1.82, 2.24) is 4.98 Å². The van der Waals surface area contributed by atoms with Gasteiger partial charge in [-0.2, -0.15) is 0 Å². The van der Waals surface area contributed by atoms with Gasteiger partial charge in [-0.15, -0.1) is 0 Å². The molecule has 0 aromatic carbocycles. The first kappa shape index (κ1) is 23.1. The van der Waals surface area contributed by atoms with Crippen LogP contribution >= 0.6 is 0 Å². The summed E-state index contributed by atoms with van der Waals surface area (Å²) in [5.41, 5.74) is 0.297. The van der Waals surface area contributed by atoms with E-state index in [1.807, 2.05) is 0 Å². The van der Waals surface area contributed by atoms with Crippen LogP contribution in [-0.2, 0) is 9.47 Å². The molecule has 1 heterocycles. The van der Waals surface area contributed by atoms with Crippen molar-refractivity contribution in [1.29, 1.82) is 0 Å². The molecule has 1 rings (SSSR count). The summed E-state index contributed by atoms with van der Waals surface area (Å²) in [5, 5.41) is 0. The molecule has 152 valence electrons. The van der Waals surface area contributed by atoms with E-state index in [0.29, 0.717) is 13.2 Å². The molecule has 0 saturated heterocycles. The number of unbranched alkanes of at least 4 members (excludes halogenated alkanes) is 9. The molecule has 1 aromatic rings. The van der Waals surface area contributed by atoms with Crippen LogP contribution in [0.1, 0.15) is 105 Å². The Kier molecular flexibility index (Phi) is 13.0. The average molecular weight is 378 g/mol. The van der Waals surface area contributed by atoms with Crippen molar-refractivity contribution < 1.29 is 19.1 Å². The summed E-state index contributed by atoms with van der Waals surface area (Å²) in [6.45, 7) is 5.07. The Labute approximate surface area is 163 Å². The van der Waals surface area contributed by atoms with Crippen molar-refractivity contribution in [2.45, 2.75) is 84.5 Å². The van der Waals surface area contributed by atoms with Crippen molar-refractivity contribution in [3.8, 4) is 0 Å². The predicted octanol–water partition coefficient (Wildman–Crippen LogP) is 5.73. The topological polar surface area (TPSA) is 65.5 Å². The number of rotatable bonds is 15. The zero-order chi connectivity index (χ0) is 19.7. The maximum absolute atomic E-state index is 12.1. The molecule has 0 saturated carbocycles. The standard InChI is InChI=1S/C22H35NO4/c1-3-5-7-8-9-10-11-13-18-27-22(25)20-16-14-15-19(23-20)21(24)26-17-12-6-4-2/h14-16H,3-13,17-18H2,1-2H3. The average Bonchev–Trinajstić information content (AvgIpc) is 2.69. The monoisotopic (exact) mass is 377 g/mol. The summed E-state index contributed by atoms with van der Waals surface area (Å²) >= 11 is 0. The second-order valence-corrected chi connectivity index (χ2v) is 6.86. The summed E-state index contributed by atoms with van der Waals surface area (Å²) in [7, 11) is 0. The molecular formula is C22H35NO4. The van der Waals surface area contributed by atoms with Gasteiger partial charge >= 0.3 is 11.9 Å². The summed E-state index contributed by atoms with van der Waals surface area (Å²) in [6, 6.07) is 4.74. The van der Waals surface area contributed by atoms with E-state index in [0.717, 1.165) is 32.1 Å². The van der Waals surface area contributed by atoms with Crippen LogP contribution in [0.25, 0.3) is 0 Å². The molecule has 5 heteroatoms. The lowest BCUT2D eigenvalue weighted by Gasteiger charge is -2.07. The largest absolute Gasteiger partial charge is 0.461 e. The molecule has 5 nitrogen and oxygen atoms in total. The van der Waals surface area contributed by atoms with Crippen LogP contribution in [0.4, 0.5) is 0 Å². The fraction of sp³-hybridized carbons (Fsp3) is 0.682. The molecule has 0 unspecified atom stereocenters. The number of carbonyl (C=O) groups is 2. The second kappa shape index (κ2) is 15.2. The summed E-state index contributed by atoms with van der Waals surface area (Å²) in [6.07, 6.45) is 12.5. The van der Waals surface area contributed by atoms with Gasteiger partial charge in [0.1, 0.15) is 11.4 Å². The van der Waals surface area contributed by atoms with Crippen molar-refractivity contribution in [2.75, 3.05) is 13.2 Å². The molecular weight excluding hydrogens is 342 g/mol. The van der Waals surface area contributed by atoms with Gasteiger partial charge in [-0.1, -0.05) is 77.7 Å². The van der Waals surface area contributed by atoms with E-state index in [2.05, 4.69) is 18.8 Å². The number of carbonyl (C=O) groups excluding carboxylic acids is 2. The second-order valence-electron chi connectivity index (χ2n) is 6.86. The lowest BCUT2D eigenvalue weighted by molar-refractivity contribution is 0.0482. The van der Waals surface area contributed by atoms with Gasteiger partial charge in [0.25, 0.3) is 0 Å². The van der Waals surface area contributed by atoms with E-state index in [1.54, 1.807) is 18.2 Å². The molecule has 0 fully saturated rings. The van der Waals surface area contributed by atoms with E-state index in [1.165, 1.54) is 38.5 Å². The van der Waals surface area contributed by atoms with Crippen LogP contribution in [0.2, 0.25) is 0 Å². The molecule has 0 aliphatic carbocycles. The highest BCUT2D eigenvalue weighted by Gasteiger charge is 2.14. The minimum atomic E-state index is -0.496. The van der Waals surface area contributed by atoms with Gasteiger partial charge in [0.2, 0.25) is 0 Å². The molecule has 0 atom stereocenters. The normalized spacial score (nSPS) is 10.6. The van der Waals surface area contributed by atoms with Crippen molar-refractivity contribution in [2.24, 2.45) is 0 Å². The fourth-order valence-corrected chi connectivity index (χ4v) is 2.73. The summed E-state index contributed by atoms with van der Waals surface area (Å²) < 4.78 is 10.4. The summed E-state index contributed by atoms with van der Waals surface area (Å²) in [5.74, 6) is -0.984. The summed E-state index contributed by atoms with van der Waals surface area (Å²) in [4.78, 5) is 28.1. The highest BCUT2D eigenvalue weighted by Crippen LogP contribution is 2.09. The molecule has 1 aromatic heterocycles. The van der Waals surface area contributed by atoms with Gasteiger partial charge in [-0.05, 0) is 25.0 Å². The number of aromatic nitrogens is 1. The van der Waals surface area contributed by atoms with Gasteiger partial charge in [0, 0.05) is 0 Å². The first-order valence-corrected chi connectivity index (χ1v) is 10.5. The maximum atomic E-state index is 12.1. The Morgan fingerprint density at radius 1 is 0.704 bits per heavy atom. The van der Waals surface area contributed by atoms with Gasteiger partial charge in [0.15, 0.2) is 0 Å². The van der Waals surface area contributed by atoms with Crippen LogP contribution in [0.5, 0.6) is 0 Å². The highest BCUT2D eigenvalue weighted by atomic mass is 16.5. The Morgan fingerprint density at radius 3 is 1.63 bits per heavy atom. The van der Waals surface area contributed by atoms with E-state index in [4.69, 9.17) is 9.47 Å². The Bertz CT molecular complexity index is 545. The molecule has 0 bridgehead atoms. The van der Waals surface area contributed by atoms with Crippen LogP contribution in [0.15, 0.2) is 18.2 Å². The van der Waals surface area contributed by atoms with Gasteiger partial charge in [-0.3, -0.25) is 0 Å². The van der Waals surface area contributed by atoms with Crippen LogP contribution in [0, 0.1) is 0 Å². The first-order chi connectivity index (χ1) is 13.2.